The van der Waals surface area contributed by atoms with Crippen molar-refractivity contribution in [3.8, 4) is 39.1 Å². The Balaban J connectivity index is 0.943. The smallest absolute Gasteiger partial charge is 0.137 e. The zero-order valence-corrected chi connectivity index (χ0v) is 31.9. The van der Waals surface area contributed by atoms with Gasteiger partial charge in [-0.2, -0.15) is 0 Å². The minimum atomic E-state index is 0.870. The second-order valence-electron chi connectivity index (χ2n) is 15.7. The molecule has 0 aliphatic heterocycles. The Kier molecular flexibility index (Phi) is 6.72. The van der Waals surface area contributed by atoms with Gasteiger partial charge in [0.25, 0.3) is 0 Å². The lowest BCUT2D eigenvalue weighted by Crippen LogP contribution is -2.11. The number of para-hydroxylation sites is 4. The van der Waals surface area contributed by atoms with Gasteiger partial charge in [0.2, 0.25) is 0 Å². The van der Waals surface area contributed by atoms with E-state index in [0.29, 0.717) is 0 Å². The highest BCUT2D eigenvalue weighted by atomic mass is 16.3. The number of furan rings is 1. The molecule has 2 heterocycles. The Morgan fingerprint density at radius 2 is 0.898 bits per heavy atom. The quantitative estimate of drug-likeness (QED) is 0.175. The van der Waals surface area contributed by atoms with Crippen LogP contribution in [0.4, 0.5) is 17.1 Å². The van der Waals surface area contributed by atoms with Crippen LogP contribution in [-0.4, -0.2) is 4.57 Å². The highest BCUT2D eigenvalue weighted by Gasteiger charge is 2.26. The molecule has 3 nitrogen and oxygen atoms in total. The van der Waals surface area contributed by atoms with E-state index >= 15 is 0 Å². The van der Waals surface area contributed by atoms with Crippen LogP contribution in [0.5, 0.6) is 0 Å². The maximum atomic E-state index is 6.51. The SMILES string of the molecule is c1ccc(-c2cc3c(cc2N(c2ccccc2)c2ccc4cc5c(cc4c2)-c2cc4ccc(-n6c7ccccc7c7ccccc76)cc4cc2-5)oc2ccccc23)cc1. The minimum absolute atomic E-state index is 0.870. The lowest BCUT2D eigenvalue weighted by atomic mass is 9.78. The van der Waals surface area contributed by atoms with Gasteiger partial charge in [0.05, 0.1) is 16.7 Å². The van der Waals surface area contributed by atoms with Crippen molar-refractivity contribution in [3.63, 3.8) is 0 Å². The molecule has 1 aliphatic rings. The zero-order chi connectivity index (χ0) is 38.6. The second kappa shape index (κ2) is 12.3. The summed E-state index contributed by atoms with van der Waals surface area (Å²) >= 11 is 0. The third-order valence-electron chi connectivity index (χ3n) is 12.4. The van der Waals surface area contributed by atoms with Gasteiger partial charge in [0.1, 0.15) is 11.2 Å². The van der Waals surface area contributed by atoms with Gasteiger partial charge in [-0.25, -0.2) is 0 Å². The van der Waals surface area contributed by atoms with E-state index in [-0.39, 0.29) is 0 Å². The summed E-state index contributed by atoms with van der Waals surface area (Å²) in [4.78, 5) is 2.38. The first-order valence-electron chi connectivity index (χ1n) is 20.2. The number of hydrogen-bond donors (Lipinski definition) is 0. The molecule has 0 atom stereocenters. The molecule has 3 heteroatoms. The average molecular weight is 751 g/mol. The number of aromatic nitrogens is 1. The Morgan fingerprint density at radius 1 is 0.339 bits per heavy atom. The van der Waals surface area contributed by atoms with Crippen LogP contribution in [0.25, 0.3) is 104 Å². The van der Waals surface area contributed by atoms with Crippen molar-refractivity contribution >= 4 is 82.4 Å². The molecule has 0 unspecified atom stereocenters. The van der Waals surface area contributed by atoms with Crippen molar-refractivity contribution < 1.29 is 4.42 Å². The highest BCUT2D eigenvalue weighted by Crippen LogP contribution is 2.52. The topological polar surface area (TPSA) is 21.3 Å². The summed E-state index contributed by atoms with van der Waals surface area (Å²) in [6.07, 6.45) is 0. The van der Waals surface area contributed by atoms with E-state index in [2.05, 4.69) is 210 Å². The van der Waals surface area contributed by atoms with E-state index in [1.54, 1.807) is 0 Å². The summed E-state index contributed by atoms with van der Waals surface area (Å²) in [6.45, 7) is 0. The molecule has 10 aromatic carbocycles. The fourth-order valence-electron chi connectivity index (χ4n) is 9.68. The molecule has 0 fully saturated rings. The monoisotopic (exact) mass is 750 g/mol. The molecule has 2 aromatic heterocycles. The van der Waals surface area contributed by atoms with Crippen molar-refractivity contribution in [3.05, 3.63) is 206 Å². The normalized spacial score (nSPS) is 12.1. The second-order valence-corrected chi connectivity index (χ2v) is 15.7. The summed E-state index contributed by atoms with van der Waals surface area (Å²) in [5.41, 5.74) is 16.2. The third kappa shape index (κ3) is 4.82. The number of fused-ring (bicyclic) bond motifs is 12. The molecule has 13 rings (SSSR count). The van der Waals surface area contributed by atoms with Crippen molar-refractivity contribution in [1.82, 2.24) is 4.57 Å². The third-order valence-corrected chi connectivity index (χ3v) is 12.4. The lowest BCUT2D eigenvalue weighted by molar-refractivity contribution is 0.669. The molecule has 0 bridgehead atoms. The number of rotatable bonds is 5. The molecule has 0 radical (unpaired) electrons. The lowest BCUT2D eigenvalue weighted by Gasteiger charge is -2.29. The average Bonchev–Trinajstić information content (AvgIpc) is 3.83. The first-order chi connectivity index (χ1) is 29.2. The minimum Gasteiger partial charge on any atom is -0.456 e. The van der Waals surface area contributed by atoms with Crippen LogP contribution in [0.2, 0.25) is 0 Å². The molecular weight excluding hydrogens is 717 g/mol. The van der Waals surface area contributed by atoms with Crippen molar-refractivity contribution in [1.29, 1.82) is 0 Å². The number of nitrogens with zero attached hydrogens (tertiary/aromatic N) is 2. The summed E-state index contributed by atoms with van der Waals surface area (Å²) in [7, 11) is 0. The maximum absolute atomic E-state index is 6.51. The van der Waals surface area contributed by atoms with Gasteiger partial charge in [-0.15, -0.1) is 0 Å². The predicted octanol–water partition coefficient (Wildman–Crippen LogP) is 15.8. The van der Waals surface area contributed by atoms with E-state index in [4.69, 9.17) is 4.42 Å². The summed E-state index contributed by atoms with van der Waals surface area (Å²) in [5.74, 6) is 0. The standard InChI is InChI=1S/C56H34N2O/c1-3-13-35(14-4-1)46-33-51-45-19-9-12-22-55(45)59-56(51)34-54(46)57(40-15-5-2-6-16-40)41-25-23-36-29-47-49(31-38(36)27-41)48-30-37-24-26-42(28-39(37)32-50(47)48)58-52-20-10-7-17-43(52)44-18-8-11-21-53(44)58/h1-34H. The molecule has 59 heavy (non-hydrogen) atoms. The van der Waals surface area contributed by atoms with Crippen LogP contribution in [0.15, 0.2) is 211 Å². The van der Waals surface area contributed by atoms with E-state index in [1.807, 2.05) is 6.07 Å². The fraction of sp³-hybridized carbons (Fsp3) is 0. The molecule has 1 aliphatic carbocycles. The van der Waals surface area contributed by atoms with Crippen LogP contribution >= 0.6 is 0 Å². The molecule has 0 amide bonds. The van der Waals surface area contributed by atoms with Crippen LogP contribution < -0.4 is 4.90 Å². The fourth-order valence-corrected chi connectivity index (χ4v) is 9.68. The van der Waals surface area contributed by atoms with E-state index < -0.39 is 0 Å². The largest absolute Gasteiger partial charge is 0.456 e. The Labute approximate surface area is 340 Å². The molecular formula is C56H34N2O. The first-order valence-corrected chi connectivity index (χ1v) is 20.2. The molecule has 274 valence electrons. The van der Waals surface area contributed by atoms with E-state index in [1.165, 1.54) is 71.3 Å². The van der Waals surface area contributed by atoms with Gasteiger partial charge < -0.3 is 13.9 Å². The van der Waals surface area contributed by atoms with Crippen molar-refractivity contribution in [2.45, 2.75) is 0 Å². The summed E-state index contributed by atoms with van der Waals surface area (Å²) in [6, 6.07) is 75.0. The van der Waals surface area contributed by atoms with E-state index in [9.17, 15) is 0 Å². The van der Waals surface area contributed by atoms with Crippen LogP contribution in [0.3, 0.4) is 0 Å². The summed E-state index contributed by atoms with van der Waals surface area (Å²) in [5, 5.41) is 9.72. The van der Waals surface area contributed by atoms with Crippen LogP contribution in [0, 0.1) is 0 Å². The van der Waals surface area contributed by atoms with Crippen LogP contribution in [0.1, 0.15) is 0 Å². The molecule has 0 spiro atoms. The maximum Gasteiger partial charge on any atom is 0.137 e. The number of benzene rings is 10. The van der Waals surface area contributed by atoms with Crippen molar-refractivity contribution in [2.24, 2.45) is 0 Å². The van der Waals surface area contributed by atoms with Crippen LogP contribution in [-0.2, 0) is 0 Å². The van der Waals surface area contributed by atoms with Gasteiger partial charge >= 0.3 is 0 Å². The number of anilines is 3. The Hall–Kier alpha value is -7.88. The van der Waals surface area contributed by atoms with Gasteiger partial charge in [-0.05, 0) is 134 Å². The zero-order valence-electron chi connectivity index (χ0n) is 31.9. The van der Waals surface area contributed by atoms with Gasteiger partial charge in [-0.1, -0.05) is 115 Å². The number of hydrogen-bond acceptors (Lipinski definition) is 2. The van der Waals surface area contributed by atoms with E-state index in [0.717, 1.165) is 50.1 Å². The van der Waals surface area contributed by atoms with Gasteiger partial charge in [-0.3, -0.25) is 0 Å². The first kappa shape index (κ1) is 32.2. The van der Waals surface area contributed by atoms with Gasteiger partial charge in [0.15, 0.2) is 0 Å². The van der Waals surface area contributed by atoms with Gasteiger partial charge in [0, 0.05) is 50.2 Å². The molecule has 0 saturated carbocycles. The molecule has 0 N–H and O–H groups in total. The Bertz CT molecular complexity index is 3620. The predicted molar refractivity (Wildman–Crippen MR) is 248 cm³/mol. The Morgan fingerprint density at radius 3 is 1.59 bits per heavy atom. The molecule has 12 aromatic rings. The van der Waals surface area contributed by atoms with Crippen molar-refractivity contribution in [2.75, 3.05) is 4.90 Å². The summed E-state index contributed by atoms with van der Waals surface area (Å²) < 4.78 is 8.91. The highest BCUT2D eigenvalue weighted by molar-refractivity contribution is 6.14. The molecule has 0 saturated heterocycles.